The molecule has 1 aliphatic rings. The molecule has 0 aliphatic heterocycles. The van der Waals surface area contributed by atoms with Gasteiger partial charge in [-0.05, 0) is 26.2 Å². The number of nitrogens with zero attached hydrogens (tertiary/aromatic N) is 3. The van der Waals surface area contributed by atoms with E-state index in [9.17, 15) is 0 Å². The van der Waals surface area contributed by atoms with Crippen molar-refractivity contribution in [2.24, 2.45) is 0 Å². The summed E-state index contributed by atoms with van der Waals surface area (Å²) in [4.78, 5) is 11.3. The summed E-state index contributed by atoms with van der Waals surface area (Å²) in [6, 6.07) is 2.68. The van der Waals surface area contributed by atoms with Crippen LogP contribution in [0.25, 0.3) is 0 Å². The van der Waals surface area contributed by atoms with E-state index in [1.165, 1.54) is 38.5 Å². The Morgan fingerprint density at radius 2 is 2.05 bits per heavy atom. The predicted octanol–water partition coefficient (Wildman–Crippen LogP) is 3.38. The standard InChI is InChI=1S/C15H26N4/c1-4-5-10-19(3)15-11-14(16-12(2)17-15)18-13-8-6-7-9-13/h11,13H,4-10H2,1-3H3,(H,16,17,18). The molecule has 1 aromatic rings. The topological polar surface area (TPSA) is 41.0 Å². The van der Waals surface area contributed by atoms with Gasteiger partial charge in [0.05, 0.1) is 0 Å². The first-order valence-electron chi connectivity index (χ1n) is 7.52. The molecule has 1 fully saturated rings. The lowest BCUT2D eigenvalue weighted by Crippen LogP contribution is -2.21. The first-order chi connectivity index (χ1) is 9.19. The quantitative estimate of drug-likeness (QED) is 0.853. The van der Waals surface area contributed by atoms with Crippen LogP contribution in [0.4, 0.5) is 11.6 Å². The Labute approximate surface area is 116 Å². The number of hydrogen-bond acceptors (Lipinski definition) is 4. The second-order valence-corrected chi connectivity index (χ2v) is 5.56. The zero-order chi connectivity index (χ0) is 13.7. The normalized spacial score (nSPS) is 15.7. The molecule has 1 aromatic heterocycles. The van der Waals surface area contributed by atoms with E-state index < -0.39 is 0 Å². The van der Waals surface area contributed by atoms with Gasteiger partial charge in [0.2, 0.25) is 0 Å². The number of anilines is 2. The van der Waals surface area contributed by atoms with Gasteiger partial charge in [-0.15, -0.1) is 0 Å². The van der Waals surface area contributed by atoms with Crippen LogP contribution in [0.3, 0.4) is 0 Å². The molecule has 1 saturated carbocycles. The molecular formula is C15H26N4. The fraction of sp³-hybridized carbons (Fsp3) is 0.733. The number of nitrogens with one attached hydrogen (secondary N) is 1. The highest BCUT2D eigenvalue weighted by Crippen LogP contribution is 2.23. The molecule has 0 bridgehead atoms. The van der Waals surface area contributed by atoms with Crippen LogP contribution in [0.15, 0.2) is 6.07 Å². The Hall–Kier alpha value is -1.32. The summed E-state index contributed by atoms with van der Waals surface area (Å²) >= 11 is 0. The Kier molecular flexibility index (Phi) is 5.00. The monoisotopic (exact) mass is 262 g/mol. The summed E-state index contributed by atoms with van der Waals surface area (Å²) < 4.78 is 0. The molecule has 0 spiro atoms. The van der Waals surface area contributed by atoms with Crippen molar-refractivity contribution >= 4 is 11.6 Å². The minimum atomic E-state index is 0.600. The summed E-state index contributed by atoms with van der Waals surface area (Å²) in [5.41, 5.74) is 0. The maximum Gasteiger partial charge on any atom is 0.134 e. The maximum atomic E-state index is 4.54. The van der Waals surface area contributed by atoms with Crippen molar-refractivity contribution in [3.63, 3.8) is 0 Å². The van der Waals surface area contributed by atoms with Crippen molar-refractivity contribution in [3.05, 3.63) is 11.9 Å². The molecule has 1 heterocycles. The SMILES string of the molecule is CCCCN(C)c1cc(NC2CCCC2)nc(C)n1. The van der Waals surface area contributed by atoms with Gasteiger partial charge < -0.3 is 10.2 Å². The lowest BCUT2D eigenvalue weighted by Gasteiger charge is -2.20. The molecule has 2 rings (SSSR count). The van der Waals surface area contributed by atoms with Crippen LogP contribution in [0, 0.1) is 6.92 Å². The molecule has 4 heteroatoms. The first-order valence-corrected chi connectivity index (χ1v) is 7.52. The second kappa shape index (κ2) is 6.73. The van der Waals surface area contributed by atoms with Gasteiger partial charge in [0, 0.05) is 25.7 Å². The molecule has 1 N–H and O–H groups in total. The third-order valence-electron chi connectivity index (χ3n) is 3.77. The fourth-order valence-electron chi connectivity index (χ4n) is 2.61. The molecule has 0 saturated heterocycles. The van der Waals surface area contributed by atoms with Crippen molar-refractivity contribution < 1.29 is 0 Å². The van der Waals surface area contributed by atoms with Gasteiger partial charge in [-0.2, -0.15) is 0 Å². The fourth-order valence-corrected chi connectivity index (χ4v) is 2.61. The van der Waals surface area contributed by atoms with E-state index in [2.05, 4.69) is 40.2 Å². The van der Waals surface area contributed by atoms with Crippen molar-refractivity contribution in [2.45, 2.75) is 58.4 Å². The lowest BCUT2D eigenvalue weighted by atomic mass is 10.2. The number of hydrogen-bond donors (Lipinski definition) is 1. The minimum absolute atomic E-state index is 0.600. The molecule has 19 heavy (non-hydrogen) atoms. The third kappa shape index (κ3) is 4.08. The molecule has 106 valence electrons. The van der Waals surface area contributed by atoms with Crippen molar-refractivity contribution in [1.29, 1.82) is 0 Å². The summed E-state index contributed by atoms with van der Waals surface area (Å²) in [5, 5.41) is 3.56. The zero-order valence-corrected chi connectivity index (χ0v) is 12.4. The van der Waals surface area contributed by atoms with E-state index in [-0.39, 0.29) is 0 Å². The van der Waals surface area contributed by atoms with Gasteiger partial charge in [-0.3, -0.25) is 0 Å². The number of aromatic nitrogens is 2. The Balaban J connectivity index is 2.05. The molecule has 1 aliphatic carbocycles. The summed E-state index contributed by atoms with van der Waals surface area (Å²) in [5.74, 6) is 2.86. The van der Waals surface area contributed by atoms with Gasteiger partial charge in [-0.25, -0.2) is 9.97 Å². The third-order valence-corrected chi connectivity index (χ3v) is 3.77. The van der Waals surface area contributed by atoms with E-state index in [1.807, 2.05) is 6.92 Å². The van der Waals surface area contributed by atoms with Crippen LogP contribution in [0.5, 0.6) is 0 Å². The average molecular weight is 262 g/mol. The van der Waals surface area contributed by atoms with Crippen LogP contribution in [-0.4, -0.2) is 29.6 Å². The molecule has 0 atom stereocenters. The number of aryl methyl sites for hydroxylation is 1. The maximum absolute atomic E-state index is 4.54. The van der Waals surface area contributed by atoms with E-state index in [1.54, 1.807) is 0 Å². The van der Waals surface area contributed by atoms with E-state index in [0.717, 1.165) is 24.0 Å². The smallest absolute Gasteiger partial charge is 0.134 e. The summed E-state index contributed by atoms with van der Waals surface area (Å²) in [6.45, 7) is 5.24. The van der Waals surface area contributed by atoms with Crippen LogP contribution in [-0.2, 0) is 0 Å². The van der Waals surface area contributed by atoms with E-state index >= 15 is 0 Å². The minimum Gasteiger partial charge on any atom is -0.367 e. The molecular weight excluding hydrogens is 236 g/mol. The highest BCUT2D eigenvalue weighted by atomic mass is 15.2. The molecule has 0 aromatic carbocycles. The lowest BCUT2D eigenvalue weighted by molar-refractivity contribution is 0.742. The van der Waals surface area contributed by atoms with Crippen LogP contribution >= 0.6 is 0 Å². The average Bonchev–Trinajstić information content (AvgIpc) is 2.88. The predicted molar refractivity (Wildman–Crippen MR) is 80.8 cm³/mol. The van der Waals surface area contributed by atoms with Crippen molar-refractivity contribution in [1.82, 2.24) is 9.97 Å². The Bertz CT molecular complexity index is 399. The summed E-state index contributed by atoms with van der Waals surface area (Å²) in [7, 11) is 2.11. The summed E-state index contributed by atoms with van der Waals surface area (Å²) in [6.07, 6.45) is 7.62. The van der Waals surface area contributed by atoms with Crippen LogP contribution in [0.2, 0.25) is 0 Å². The zero-order valence-electron chi connectivity index (χ0n) is 12.4. The highest BCUT2D eigenvalue weighted by Gasteiger charge is 2.16. The van der Waals surface area contributed by atoms with Gasteiger partial charge in [0.15, 0.2) is 0 Å². The van der Waals surface area contributed by atoms with Crippen LogP contribution in [0.1, 0.15) is 51.3 Å². The van der Waals surface area contributed by atoms with Crippen molar-refractivity contribution in [2.75, 3.05) is 23.8 Å². The van der Waals surface area contributed by atoms with Gasteiger partial charge >= 0.3 is 0 Å². The van der Waals surface area contributed by atoms with Crippen LogP contribution < -0.4 is 10.2 Å². The highest BCUT2D eigenvalue weighted by molar-refractivity contribution is 5.49. The number of unbranched alkanes of at least 4 members (excludes halogenated alkanes) is 1. The molecule has 0 unspecified atom stereocenters. The van der Waals surface area contributed by atoms with Gasteiger partial charge in [0.25, 0.3) is 0 Å². The van der Waals surface area contributed by atoms with Crippen molar-refractivity contribution in [3.8, 4) is 0 Å². The van der Waals surface area contributed by atoms with E-state index in [4.69, 9.17) is 0 Å². The first kappa shape index (κ1) is 14.1. The molecule has 4 nitrogen and oxygen atoms in total. The van der Waals surface area contributed by atoms with Gasteiger partial charge in [0.1, 0.15) is 17.5 Å². The Morgan fingerprint density at radius 3 is 2.74 bits per heavy atom. The Morgan fingerprint density at radius 1 is 1.32 bits per heavy atom. The van der Waals surface area contributed by atoms with Gasteiger partial charge in [-0.1, -0.05) is 26.2 Å². The second-order valence-electron chi connectivity index (χ2n) is 5.56. The number of rotatable bonds is 6. The van der Waals surface area contributed by atoms with E-state index in [0.29, 0.717) is 6.04 Å². The largest absolute Gasteiger partial charge is 0.367 e. The molecule has 0 amide bonds. The molecule has 0 radical (unpaired) electrons.